The van der Waals surface area contributed by atoms with Crippen LogP contribution in [0.2, 0.25) is 0 Å². The molecule has 25 heavy (non-hydrogen) atoms. The largest absolute Gasteiger partial charge is 0.397 e. The van der Waals surface area contributed by atoms with E-state index in [2.05, 4.69) is 33.2 Å². The number of rotatable bonds is 4. The first kappa shape index (κ1) is 17.8. The number of carbonyl (C=O) groups excluding carboxylic acids is 1. The number of aryl methyl sites for hydroxylation is 1. The molecule has 3 aromatic rings. The molecule has 2 aromatic heterocycles. The van der Waals surface area contributed by atoms with Crippen LogP contribution < -0.4 is 11.1 Å². The van der Waals surface area contributed by atoms with E-state index >= 15 is 0 Å². The molecule has 3 N–H and O–H groups in total. The van der Waals surface area contributed by atoms with Gasteiger partial charge in [-0.2, -0.15) is 0 Å². The lowest BCUT2D eigenvalue weighted by molar-refractivity contribution is 0.103. The molecule has 1 aromatic carbocycles. The number of pyridine rings is 1. The molecule has 0 aliphatic rings. The van der Waals surface area contributed by atoms with Crippen LogP contribution in [0, 0.1) is 11.6 Å². The van der Waals surface area contributed by atoms with Crippen molar-refractivity contribution in [3.05, 3.63) is 50.9 Å². The van der Waals surface area contributed by atoms with E-state index in [-0.39, 0.29) is 15.0 Å². The summed E-state index contributed by atoms with van der Waals surface area (Å²) < 4.78 is 27.2. The summed E-state index contributed by atoms with van der Waals surface area (Å²) in [5.74, 6) is -2.18. The van der Waals surface area contributed by atoms with Crippen molar-refractivity contribution >= 4 is 54.8 Å². The van der Waals surface area contributed by atoms with Crippen LogP contribution in [-0.2, 0) is 6.42 Å². The third-order valence-electron chi connectivity index (χ3n) is 3.61. The molecule has 8 heteroatoms. The Hall–Kier alpha value is -2.06. The molecular weight excluding hydrogens is 412 g/mol. The average Bonchev–Trinajstić information content (AvgIpc) is 2.87. The van der Waals surface area contributed by atoms with Gasteiger partial charge in [0.2, 0.25) is 0 Å². The van der Waals surface area contributed by atoms with Gasteiger partial charge in [0.15, 0.2) is 5.82 Å². The van der Waals surface area contributed by atoms with Gasteiger partial charge in [0.05, 0.1) is 11.4 Å². The number of benzene rings is 1. The molecule has 0 aliphatic heterocycles. The van der Waals surface area contributed by atoms with E-state index in [1.165, 1.54) is 0 Å². The standard InChI is InChI=1S/C17H14BrF2N3OS/c1-2-3-9-4-5-10-13(21)15(25-17(10)22-9)16(24)23-14-11(18)6-8(19)7-12(14)20/h4-7H,2-3,21H2,1H3,(H,23,24). The maximum atomic E-state index is 13.9. The number of hydrogen-bond donors (Lipinski definition) is 2. The SMILES string of the molecule is CCCc1ccc2c(N)c(C(=O)Nc3c(F)cc(F)cc3Br)sc2n1. The first-order valence-corrected chi connectivity index (χ1v) is 9.15. The van der Waals surface area contributed by atoms with Gasteiger partial charge >= 0.3 is 0 Å². The van der Waals surface area contributed by atoms with Crippen LogP contribution in [-0.4, -0.2) is 10.9 Å². The highest BCUT2D eigenvalue weighted by Gasteiger charge is 2.20. The Morgan fingerprint density at radius 1 is 1.36 bits per heavy atom. The molecular formula is C17H14BrF2N3OS. The number of fused-ring (bicyclic) bond motifs is 1. The van der Waals surface area contributed by atoms with E-state index in [1.54, 1.807) is 0 Å². The fraction of sp³-hybridized carbons (Fsp3) is 0.176. The molecule has 0 bridgehead atoms. The van der Waals surface area contributed by atoms with Gasteiger partial charge in [-0.25, -0.2) is 13.8 Å². The van der Waals surface area contributed by atoms with Crippen LogP contribution in [0.4, 0.5) is 20.2 Å². The van der Waals surface area contributed by atoms with Gasteiger partial charge in [0, 0.05) is 21.6 Å². The summed E-state index contributed by atoms with van der Waals surface area (Å²) in [5, 5.41) is 3.13. The van der Waals surface area contributed by atoms with Crippen molar-refractivity contribution in [2.24, 2.45) is 0 Å². The maximum Gasteiger partial charge on any atom is 0.268 e. The van der Waals surface area contributed by atoms with Crippen LogP contribution in [0.5, 0.6) is 0 Å². The van der Waals surface area contributed by atoms with Crippen molar-refractivity contribution in [3.8, 4) is 0 Å². The van der Waals surface area contributed by atoms with Crippen molar-refractivity contribution in [1.82, 2.24) is 4.98 Å². The van der Waals surface area contributed by atoms with Gasteiger partial charge in [-0.1, -0.05) is 13.3 Å². The Labute approximate surface area is 155 Å². The smallest absolute Gasteiger partial charge is 0.268 e. The molecule has 4 nitrogen and oxygen atoms in total. The molecule has 0 radical (unpaired) electrons. The summed E-state index contributed by atoms with van der Waals surface area (Å²) in [6, 6.07) is 5.50. The number of amides is 1. The molecule has 2 heterocycles. The van der Waals surface area contributed by atoms with E-state index in [9.17, 15) is 13.6 Å². The molecule has 3 rings (SSSR count). The van der Waals surface area contributed by atoms with Gasteiger partial charge in [-0.05, 0) is 40.5 Å². The first-order chi connectivity index (χ1) is 11.9. The monoisotopic (exact) mass is 425 g/mol. The number of nitrogens with two attached hydrogens (primary N) is 1. The second kappa shape index (κ2) is 7.05. The van der Waals surface area contributed by atoms with Crippen LogP contribution >= 0.6 is 27.3 Å². The number of nitrogens with zero attached hydrogens (tertiary/aromatic N) is 1. The number of carbonyl (C=O) groups is 1. The van der Waals surface area contributed by atoms with Crippen LogP contribution in [0.25, 0.3) is 10.2 Å². The van der Waals surface area contributed by atoms with E-state index in [0.717, 1.165) is 35.9 Å². The zero-order chi connectivity index (χ0) is 18.1. The van der Waals surface area contributed by atoms with Crippen molar-refractivity contribution in [1.29, 1.82) is 0 Å². The van der Waals surface area contributed by atoms with Crippen molar-refractivity contribution in [2.75, 3.05) is 11.1 Å². The van der Waals surface area contributed by atoms with Crippen molar-refractivity contribution in [3.63, 3.8) is 0 Å². The lowest BCUT2D eigenvalue weighted by atomic mass is 10.2. The van der Waals surface area contributed by atoms with Gasteiger partial charge < -0.3 is 11.1 Å². The Kier molecular flexibility index (Phi) is 5.01. The second-order valence-corrected chi connectivity index (χ2v) is 7.30. The number of nitrogens with one attached hydrogen (secondary N) is 1. The molecule has 0 atom stereocenters. The molecule has 0 unspecified atom stereocenters. The van der Waals surface area contributed by atoms with Gasteiger partial charge in [0.1, 0.15) is 15.5 Å². The topological polar surface area (TPSA) is 68.0 Å². The predicted octanol–water partition coefficient (Wildman–Crippen LogP) is 5.12. The van der Waals surface area contributed by atoms with E-state index < -0.39 is 17.5 Å². The summed E-state index contributed by atoms with van der Waals surface area (Å²) >= 11 is 4.19. The highest BCUT2D eigenvalue weighted by Crippen LogP contribution is 2.34. The minimum atomic E-state index is -0.872. The maximum absolute atomic E-state index is 13.9. The quantitative estimate of drug-likeness (QED) is 0.608. The van der Waals surface area contributed by atoms with Crippen LogP contribution in [0.3, 0.4) is 0 Å². The number of nitrogen functional groups attached to an aromatic ring is 1. The summed E-state index contributed by atoms with van der Waals surface area (Å²) in [5.41, 5.74) is 7.15. The van der Waals surface area contributed by atoms with Gasteiger partial charge in [0.25, 0.3) is 5.91 Å². The van der Waals surface area contributed by atoms with Crippen LogP contribution in [0.1, 0.15) is 28.7 Å². The first-order valence-electron chi connectivity index (χ1n) is 7.54. The number of thiophene rings is 1. The van der Waals surface area contributed by atoms with E-state index in [4.69, 9.17) is 5.73 Å². The lowest BCUT2D eigenvalue weighted by Gasteiger charge is -2.08. The summed E-state index contributed by atoms with van der Waals surface area (Å²) in [4.78, 5) is 17.9. The summed E-state index contributed by atoms with van der Waals surface area (Å²) in [6.45, 7) is 2.06. The normalized spacial score (nSPS) is 11.0. The summed E-state index contributed by atoms with van der Waals surface area (Å²) in [7, 11) is 0. The Morgan fingerprint density at radius 3 is 2.80 bits per heavy atom. The summed E-state index contributed by atoms with van der Waals surface area (Å²) in [6.07, 6.45) is 1.80. The van der Waals surface area contributed by atoms with Gasteiger partial charge in [-0.3, -0.25) is 4.79 Å². The number of anilines is 2. The molecule has 0 fully saturated rings. The molecule has 0 saturated carbocycles. The van der Waals surface area contributed by atoms with Gasteiger partial charge in [-0.15, -0.1) is 11.3 Å². The zero-order valence-electron chi connectivity index (χ0n) is 13.2. The third-order valence-corrected chi connectivity index (χ3v) is 5.35. The van der Waals surface area contributed by atoms with Crippen molar-refractivity contribution in [2.45, 2.75) is 19.8 Å². The zero-order valence-corrected chi connectivity index (χ0v) is 15.6. The Morgan fingerprint density at radius 2 is 2.12 bits per heavy atom. The molecule has 0 saturated heterocycles. The van der Waals surface area contributed by atoms with Crippen LogP contribution in [0.15, 0.2) is 28.7 Å². The second-order valence-electron chi connectivity index (χ2n) is 5.45. The number of hydrogen-bond acceptors (Lipinski definition) is 4. The molecule has 1 amide bonds. The third kappa shape index (κ3) is 3.50. The number of aromatic nitrogens is 1. The average molecular weight is 426 g/mol. The lowest BCUT2D eigenvalue weighted by Crippen LogP contribution is -2.13. The van der Waals surface area contributed by atoms with E-state index in [1.807, 2.05) is 12.1 Å². The molecule has 0 spiro atoms. The minimum Gasteiger partial charge on any atom is -0.397 e. The molecule has 130 valence electrons. The predicted molar refractivity (Wildman–Crippen MR) is 100 cm³/mol. The minimum absolute atomic E-state index is 0.112. The fourth-order valence-electron chi connectivity index (χ4n) is 2.43. The Balaban J connectivity index is 1.96. The van der Waals surface area contributed by atoms with Crippen molar-refractivity contribution < 1.29 is 13.6 Å². The fourth-order valence-corrected chi connectivity index (χ4v) is 3.95. The highest BCUT2D eigenvalue weighted by atomic mass is 79.9. The molecule has 0 aliphatic carbocycles. The Bertz CT molecular complexity index is 951. The number of halogens is 3. The highest BCUT2D eigenvalue weighted by molar-refractivity contribution is 9.10. The van der Waals surface area contributed by atoms with E-state index in [0.29, 0.717) is 22.0 Å².